The van der Waals surface area contributed by atoms with E-state index in [2.05, 4.69) is 15.5 Å². The molecule has 1 heterocycles. The number of hydrogen-bond donors (Lipinski definition) is 3. The Hall–Kier alpha value is -1.37. The van der Waals surface area contributed by atoms with Crippen molar-refractivity contribution in [2.24, 2.45) is 0 Å². The fraction of sp³-hybridized carbons (Fsp3) is 0.625. The summed E-state index contributed by atoms with van der Waals surface area (Å²) in [5, 5.41) is 9.06. The van der Waals surface area contributed by atoms with Crippen molar-refractivity contribution in [3.05, 3.63) is 4.77 Å². The van der Waals surface area contributed by atoms with E-state index in [1.807, 2.05) is 13.8 Å². The van der Waals surface area contributed by atoms with Gasteiger partial charge in [-0.2, -0.15) is 0 Å². The number of aromatic amines is 1. The van der Waals surface area contributed by atoms with Gasteiger partial charge in [-0.3, -0.25) is 9.36 Å². The predicted molar refractivity (Wildman–Crippen MR) is 59.8 cm³/mol. The summed E-state index contributed by atoms with van der Waals surface area (Å²) in [7, 11) is 0. The Morgan fingerprint density at radius 1 is 1.60 bits per heavy atom. The number of rotatable bonds is 3. The zero-order valence-corrected chi connectivity index (χ0v) is 9.76. The van der Waals surface area contributed by atoms with E-state index in [0.29, 0.717) is 4.77 Å². The van der Waals surface area contributed by atoms with Crippen LogP contribution in [0.4, 0.5) is 5.95 Å². The second-order valence-corrected chi connectivity index (χ2v) is 3.98. The Bertz CT molecular complexity index is 407. The molecule has 15 heavy (non-hydrogen) atoms. The van der Waals surface area contributed by atoms with Crippen molar-refractivity contribution in [1.29, 1.82) is 0 Å². The van der Waals surface area contributed by atoms with E-state index in [0.717, 1.165) is 0 Å². The van der Waals surface area contributed by atoms with Crippen LogP contribution in [0.5, 0.6) is 0 Å². The molecule has 4 N–H and O–H groups in total. The smallest absolute Gasteiger partial charge is 0.243 e. The van der Waals surface area contributed by atoms with Gasteiger partial charge >= 0.3 is 0 Å². The monoisotopic (exact) mass is 229 g/mol. The third kappa shape index (κ3) is 2.56. The summed E-state index contributed by atoms with van der Waals surface area (Å²) in [6.07, 6.45) is 0. The third-order valence-electron chi connectivity index (χ3n) is 1.93. The molecule has 0 aliphatic heterocycles. The summed E-state index contributed by atoms with van der Waals surface area (Å²) in [4.78, 5) is 11.7. The number of H-pyrrole nitrogens is 1. The Morgan fingerprint density at radius 3 is 2.60 bits per heavy atom. The van der Waals surface area contributed by atoms with Gasteiger partial charge in [-0.1, -0.05) is 0 Å². The maximum Gasteiger partial charge on any atom is 0.243 e. The third-order valence-corrected chi connectivity index (χ3v) is 2.22. The molecule has 0 aromatic carbocycles. The zero-order valence-electron chi connectivity index (χ0n) is 8.94. The van der Waals surface area contributed by atoms with Crippen LogP contribution in [-0.4, -0.2) is 26.7 Å². The van der Waals surface area contributed by atoms with Crippen LogP contribution in [0.3, 0.4) is 0 Å². The highest BCUT2D eigenvalue weighted by Gasteiger charge is 2.18. The average Bonchev–Trinajstić information content (AvgIpc) is 2.44. The van der Waals surface area contributed by atoms with Gasteiger partial charge in [-0.05, 0) is 33.0 Å². The van der Waals surface area contributed by atoms with Gasteiger partial charge in [0.05, 0.1) is 0 Å². The van der Waals surface area contributed by atoms with Crippen molar-refractivity contribution in [3.8, 4) is 0 Å². The fourth-order valence-corrected chi connectivity index (χ4v) is 1.51. The minimum atomic E-state index is -0.460. The van der Waals surface area contributed by atoms with Crippen molar-refractivity contribution < 1.29 is 4.79 Å². The molecule has 0 saturated heterocycles. The van der Waals surface area contributed by atoms with Gasteiger partial charge in [-0.15, -0.1) is 5.10 Å². The molecule has 0 bridgehead atoms. The van der Waals surface area contributed by atoms with Gasteiger partial charge in [0.1, 0.15) is 6.04 Å². The molecule has 0 radical (unpaired) electrons. The molecular formula is C8H15N5OS. The summed E-state index contributed by atoms with van der Waals surface area (Å²) in [6.45, 7) is 5.50. The van der Waals surface area contributed by atoms with Crippen LogP contribution in [-0.2, 0) is 4.79 Å². The van der Waals surface area contributed by atoms with E-state index in [1.54, 1.807) is 6.92 Å². The molecule has 1 rings (SSSR count). The number of hydrogen-bond acceptors (Lipinski definition) is 4. The fourth-order valence-electron chi connectivity index (χ4n) is 1.21. The highest BCUT2D eigenvalue weighted by Crippen LogP contribution is 2.11. The predicted octanol–water partition coefficient (Wildman–Crippen LogP) is 0.608. The summed E-state index contributed by atoms with van der Waals surface area (Å²) < 4.78 is 1.83. The standard InChI is InChI=1S/C8H15N5OS/c1-4(2)10-6(14)5(3)13-7(9)11-12-8(13)15/h4-5H,1-3H3,(H2,9,11)(H,10,14)(H,12,15). The molecule has 0 aliphatic rings. The van der Waals surface area contributed by atoms with Crippen molar-refractivity contribution >= 4 is 24.1 Å². The Labute approximate surface area is 92.9 Å². The molecule has 1 aromatic heterocycles. The van der Waals surface area contributed by atoms with E-state index < -0.39 is 6.04 Å². The van der Waals surface area contributed by atoms with Crippen molar-refractivity contribution in [2.45, 2.75) is 32.9 Å². The van der Waals surface area contributed by atoms with Crippen molar-refractivity contribution in [2.75, 3.05) is 5.73 Å². The topological polar surface area (TPSA) is 88.7 Å². The molecular weight excluding hydrogens is 214 g/mol. The Balaban J connectivity index is 2.90. The van der Waals surface area contributed by atoms with Crippen LogP contribution in [0.1, 0.15) is 26.8 Å². The van der Waals surface area contributed by atoms with E-state index >= 15 is 0 Å². The van der Waals surface area contributed by atoms with Gasteiger partial charge in [0.2, 0.25) is 11.9 Å². The lowest BCUT2D eigenvalue weighted by molar-refractivity contribution is -0.124. The first-order valence-electron chi connectivity index (χ1n) is 4.66. The van der Waals surface area contributed by atoms with Crippen LogP contribution in [0.2, 0.25) is 0 Å². The molecule has 1 aromatic rings. The van der Waals surface area contributed by atoms with E-state index in [4.69, 9.17) is 18.0 Å². The number of nitrogens with zero attached hydrogens (tertiary/aromatic N) is 2. The maximum absolute atomic E-state index is 11.7. The van der Waals surface area contributed by atoms with Gasteiger partial charge in [-0.25, -0.2) is 5.10 Å². The highest BCUT2D eigenvalue weighted by atomic mass is 32.1. The first-order valence-corrected chi connectivity index (χ1v) is 5.07. The number of amides is 1. The lowest BCUT2D eigenvalue weighted by atomic mass is 10.3. The van der Waals surface area contributed by atoms with Crippen molar-refractivity contribution in [3.63, 3.8) is 0 Å². The molecule has 6 nitrogen and oxygen atoms in total. The number of nitrogen functional groups attached to an aromatic ring is 1. The minimum absolute atomic E-state index is 0.0854. The number of carbonyl (C=O) groups excluding carboxylic acids is 1. The second kappa shape index (κ2) is 4.43. The van der Waals surface area contributed by atoms with Crippen LogP contribution < -0.4 is 11.1 Å². The molecule has 0 spiro atoms. The van der Waals surface area contributed by atoms with Crippen LogP contribution >= 0.6 is 12.2 Å². The summed E-state index contributed by atoms with van der Waals surface area (Å²) in [6, 6.07) is -0.374. The average molecular weight is 229 g/mol. The maximum atomic E-state index is 11.7. The number of nitrogens with one attached hydrogen (secondary N) is 2. The number of nitrogens with two attached hydrogens (primary N) is 1. The lowest BCUT2D eigenvalue weighted by Gasteiger charge is -2.15. The molecule has 84 valence electrons. The van der Waals surface area contributed by atoms with Crippen molar-refractivity contribution in [1.82, 2.24) is 20.1 Å². The molecule has 1 atom stereocenters. The number of aromatic nitrogens is 3. The second-order valence-electron chi connectivity index (χ2n) is 3.60. The summed E-state index contributed by atoms with van der Waals surface area (Å²) in [5.74, 6) is 0.0839. The van der Waals surface area contributed by atoms with E-state index in [-0.39, 0.29) is 17.9 Å². The summed E-state index contributed by atoms with van der Waals surface area (Å²) in [5.41, 5.74) is 5.58. The minimum Gasteiger partial charge on any atom is -0.368 e. The molecule has 0 aliphatic carbocycles. The van der Waals surface area contributed by atoms with E-state index in [1.165, 1.54) is 4.57 Å². The van der Waals surface area contributed by atoms with Gasteiger partial charge in [0, 0.05) is 6.04 Å². The largest absolute Gasteiger partial charge is 0.368 e. The van der Waals surface area contributed by atoms with Crippen LogP contribution in [0, 0.1) is 4.77 Å². The van der Waals surface area contributed by atoms with Crippen LogP contribution in [0.25, 0.3) is 0 Å². The quantitative estimate of drug-likeness (QED) is 0.662. The molecule has 1 amide bonds. The Kier molecular flexibility index (Phi) is 3.46. The molecule has 1 unspecified atom stereocenters. The number of anilines is 1. The van der Waals surface area contributed by atoms with Crippen LogP contribution in [0.15, 0.2) is 0 Å². The lowest BCUT2D eigenvalue weighted by Crippen LogP contribution is -2.36. The van der Waals surface area contributed by atoms with Gasteiger partial charge in [0.15, 0.2) is 4.77 Å². The SMILES string of the molecule is CC(C)NC(=O)C(C)n1c(N)n[nH]c1=S. The Morgan fingerprint density at radius 2 is 2.20 bits per heavy atom. The molecule has 0 saturated carbocycles. The summed E-state index contributed by atoms with van der Waals surface area (Å²) >= 11 is 4.97. The normalized spacial score (nSPS) is 12.8. The first-order chi connectivity index (χ1) is 6.93. The molecule has 0 fully saturated rings. The zero-order chi connectivity index (χ0) is 11.6. The van der Waals surface area contributed by atoms with Gasteiger partial charge in [0.25, 0.3) is 0 Å². The first kappa shape index (κ1) is 11.7. The van der Waals surface area contributed by atoms with Gasteiger partial charge < -0.3 is 11.1 Å². The van der Waals surface area contributed by atoms with E-state index in [9.17, 15) is 4.79 Å². The highest BCUT2D eigenvalue weighted by molar-refractivity contribution is 7.71. The molecule has 7 heteroatoms. The number of carbonyl (C=O) groups is 1.